The molecule has 1 atom stereocenters. The van der Waals surface area contributed by atoms with Crippen LogP contribution in [0.25, 0.3) is 0 Å². The van der Waals surface area contributed by atoms with E-state index in [-0.39, 0.29) is 0 Å². The van der Waals surface area contributed by atoms with Crippen molar-refractivity contribution in [3.63, 3.8) is 0 Å². The van der Waals surface area contributed by atoms with Crippen molar-refractivity contribution >= 4 is 33.8 Å². The van der Waals surface area contributed by atoms with Gasteiger partial charge in [0, 0.05) is 10.3 Å². The van der Waals surface area contributed by atoms with Gasteiger partial charge in [0.15, 0.2) is 5.13 Å². The van der Waals surface area contributed by atoms with Crippen LogP contribution >= 0.6 is 22.7 Å². The fraction of sp³-hybridized carbons (Fsp3) is 0.417. The molecule has 2 N–H and O–H groups in total. The van der Waals surface area contributed by atoms with Gasteiger partial charge in [-0.1, -0.05) is 0 Å². The Balaban J connectivity index is 1.70. The maximum atomic E-state index is 11.1. The van der Waals surface area contributed by atoms with Crippen LogP contribution in [-0.4, -0.2) is 21.0 Å². The maximum absolute atomic E-state index is 11.1. The summed E-state index contributed by atoms with van der Waals surface area (Å²) in [4.78, 5) is 21.0. The summed E-state index contributed by atoms with van der Waals surface area (Å²) in [5, 5.41) is 16.2. The number of aryl methyl sites for hydroxylation is 2. The lowest BCUT2D eigenvalue weighted by Crippen LogP contribution is -2.09. The molecular formula is C12H13N3O2S2. The largest absolute Gasteiger partial charge is 0.481 e. The van der Waals surface area contributed by atoms with Crippen LogP contribution in [0.5, 0.6) is 0 Å². The topological polar surface area (TPSA) is 75.1 Å². The van der Waals surface area contributed by atoms with E-state index in [1.54, 1.807) is 22.7 Å². The van der Waals surface area contributed by atoms with Crippen molar-refractivity contribution in [1.82, 2.24) is 9.97 Å². The molecule has 1 unspecified atom stereocenters. The molecule has 0 radical (unpaired) electrons. The number of rotatable bonds is 4. The number of fused-ring (bicyclic) bond motifs is 1. The van der Waals surface area contributed by atoms with Crippen molar-refractivity contribution in [2.45, 2.75) is 32.2 Å². The summed E-state index contributed by atoms with van der Waals surface area (Å²) < 4.78 is 0. The maximum Gasteiger partial charge on any atom is 0.312 e. The summed E-state index contributed by atoms with van der Waals surface area (Å²) >= 11 is 3.18. The third-order valence-electron chi connectivity index (χ3n) is 3.10. The molecule has 19 heavy (non-hydrogen) atoms. The number of aliphatic carboxylic acids is 1. The third kappa shape index (κ3) is 2.48. The van der Waals surface area contributed by atoms with Crippen LogP contribution in [0.1, 0.15) is 33.6 Å². The van der Waals surface area contributed by atoms with Gasteiger partial charge in [0.25, 0.3) is 0 Å². The molecule has 0 saturated carbocycles. The zero-order valence-electron chi connectivity index (χ0n) is 10.3. The summed E-state index contributed by atoms with van der Waals surface area (Å²) in [5.41, 5.74) is 1.74. The van der Waals surface area contributed by atoms with Crippen LogP contribution in [0, 0.1) is 6.92 Å². The average molecular weight is 295 g/mol. The fourth-order valence-electron chi connectivity index (χ4n) is 2.20. The van der Waals surface area contributed by atoms with Gasteiger partial charge >= 0.3 is 5.97 Å². The lowest BCUT2D eigenvalue weighted by atomic mass is 10.1. The summed E-state index contributed by atoms with van der Waals surface area (Å²) in [6, 6.07) is 0. The SMILES string of the molecule is Cc1nc(CNc2nc3c(s2)CCC3C(=O)O)cs1. The number of carboxylic acid groups (broad SMARTS) is 1. The normalized spacial score (nSPS) is 17.4. The van der Waals surface area contributed by atoms with Gasteiger partial charge in [0.1, 0.15) is 5.92 Å². The monoisotopic (exact) mass is 295 g/mol. The zero-order chi connectivity index (χ0) is 13.4. The minimum atomic E-state index is -0.772. The van der Waals surface area contributed by atoms with Gasteiger partial charge in [-0.05, 0) is 19.8 Å². The van der Waals surface area contributed by atoms with Gasteiger partial charge in [-0.25, -0.2) is 9.97 Å². The molecule has 100 valence electrons. The molecule has 0 bridgehead atoms. The Morgan fingerprint density at radius 2 is 2.42 bits per heavy atom. The van der Waals surface area contributed by atoms with Crippen molar-refractivity contribution in [3.05, 3.63) is 26.7 Å². The van der Waals surface area contributed by atoms with E-state index in [1.807, 2.05) is 12.3 Å². The second-order valence-corrected chi connectivity index (χ2v) is 6.61. The van der Waals surface area contributed by atoms with Crippen molar-refractivity contribution in [2.75, 3.05) is 5.32 Å². The molecule has 5 nitrogen and oxygen atoms in total. The number of nitrogens with zero attached hydrogens (tertiary/aromatic N) is 2. The molecule has 0 amide bonds. The molecule has 2 heterocycles. The van der Waals surface area contributed by atoms with Crippen LogP contribution < -0.4 is 5.32 Å². The Morgan fingerprint density at radius 3 is 3.11 bits per heavy atom. The Labute approximate surface area is 118 Å². The molecule has 0 saturated heterocycles. The molecular weight excluding hydrogens is 282 g/mol. The summed E-state index contributed by atoms with van der Waals surface area (Å²) in [6.45, 7) is 2.61. The van der Waals surface area contributed by atoms with E-state index in [0.717, 1.165) is 32.8 Å². The highest BCUT2D eigenvalue weighted by atomic mass is 32.1. The third-order valence-corrected chi connectivity index (χ3v) is 5.01. The zero-order valence-corrected chi connectivity index (χ0v) is 12.0. The standard InChI is InChI=1S/C12H13N3O2S2/c1-6-14-7(5-18-6)4-13-12-15-10-8(11(16)17)2-3-9(10)19-12/h5,8H,2-4H2,1H3,(H,13,15)(H,16,17). The second kappa shape index (κ2) is 4.90. The lowest BCUT2D eigenvalue weighted by Gasteiger charge is -2.02. The van der Waals surface area contributed by atoms with Crippen LogP contribution in [-0.2, 0) is 17.8 Å². The van der Waals surface area contributed by atoms with E-state index in [9.17, 15) is 4.79 Å². The highest BCUT2D eigenvalue weighted by Crippen LogP contribution is 2.38. The van der Waals surface area contributed by atoms with Crippen molar-refractivity contribution < 1.29 is 9.90 Å². The molecule has 0 spiro atoms. The summed E-state index contributed by atoms with van der Waals surface area (Å²) in [5.74, 6) is -1.20. The fourth-order valence-corrected chi connectivity index (χ4v) is 3.85. The Kier molecular flexibility index (Phi) is 3.24. The van der Waals surface area contributed by atoms with E-state index in [4.69, 9.17) is 5.11 Å². The van der Waals surface area contributed by atoms with E-state index in [2.05, 4.69) is 15.3 Å². The number of anilines is 1. The molecule has 2 aromatic rings. The lowest BCUT2D eigenvalue weighted by molar-refractivity contribution is -0.138. The number of hydrogen-bond donors (Lipinski definition) is 2. The van der Waals surface area contributed by atoms with Crippen LogP contribution in [0.4, 0.5) is 5.13 Å². The number of thiazole rings is 2. The number of nitrogens with one attached hydrogen (secondary N) is 1. The van der Waals surface area contributed by atoms with Crippen LogP contribution in [0.2, 0.25) is 0 Å². The predicted molar refractivity (Wildman–Crippen MR) is 75.0 cm³/mol. The first-order valence-electron chi connectivity index (χ1n) is 6.01. The highest BCUT2D eigenvalue weighted by Gasteiger charge is 2.32. The predicted octanol–water partition coefficient (Wildman–Crippen LogP) is 2.63. The first-order chi connectivity index (χ1) is 9.13. The number of hydrogen-bond acceptors (Lipinski definition) is 6. The smallest absolute Gasteiger partial charge is 0.312 e. The van der Waals surface area contributed by atoms with E-state index >= 15 is 0 Å². The van der Waals surface area contributed by atoms with Crippen LogP contribution in [0.3, 0.4) is 0 Å². The number of carbonyl (C=O) groups is 1. The quantitative estimate of drug-likeness (QED) is 0.907. The molecule has 0 aromatic carbocycles. The molecule has 0 fully saturated rings. The Bertz CT molecular complexity index is 620. The molecule has 1 aliphatic rings. The molecule has 2 aromatic heterocycles. The van der Waals surface area contributed by atoms with Gasteiger partial charge in [-0.3, -0.25) is 4.79 Å². The first-order valence-corrected chi connectivity index (χ1v) is 7.70. The van der Waals surface area contributed by atoms with Crippen molar-refractivity contribution in [1.29, 1.82) is 0 Å². The second-order valence-electron chi connectivity index (χ2n) is 4.47. The summed E-state index contributed by atoms with van der Waals surface area (Å²) in [6.07, 6.45) is 1.50. The van der Waals surface area contributed by atoms with Gasteiger partial charge < -0.3 is 10.4 Å². The minimum absolute atomic E-state index is 0.427. The highest BCUT2D eigenvalue weighted by molar-refractivity contribution is 7.15. The first kappa shape index (κ1) is 12.6. The van der Waals surface area contributed by atoms with Crippen molar-refractivity contribution in [3.8, 4) is 0 Å². The van der Waals surface area contributed by atoms with E-state index in [0.29, 0.717) is 13.0 Å². The molecule has 1 aliphatic carbocycles. The van der Waals surface area contributed by atoms with Gasteiger partial charge in [0.2, 0.25) is 0 Å². The molecule has 7 heteroatoms. The minimum Gasteiger partial charge on any atom is -0.481 e. The summed E-state index contributed by atoms with van der Waals surface area (Å²) in [7, 11) is 0. The van der Waals surface area contributed by atoms with Gasteiger partial charge in [-0.2, -0.15) is 0 Å². The van der Waals surface area contributed by atoms with Crippen molar-refractivity contribution in [2.24, 2.45) is 0 Å². The number of carboxylic acids is 1. The molecule has 0 aliphatic heterocycles. The average Bonchev–Trinajstić information content (AvgIpc) is 3.00. The Morgan fingerprint density at radius 1 is 1.58 bits per heavy atom. The van der Waals surface area contributed by atoms with E-state index < -0.39 is 11.9 Å². The number of aromatic nitrogens is 2. The van der Waals surface area contributed by atoms with Crippen LogP contribution in [0.15, 0.2) is 5.38 Å². The molecule has 3 rings (SSSR count). The van der Waals surface area contributed by atoms with E-state index in [1.165, 1.54) is 0 Å². The van der Waals surface area contributed by atoms with Gasteiger partial charge in [0.05, 0.1) is 22.9 Å². The Hall–Kier alpha value is -1.47. The van der Waals surface area contributed by atoms with Gasteiger partial charge in [-0.15, -0.1) is 22.7 Å².